The zero-order chi connectivity index (χ0) is 20.9. The maximum atomic E-state index is 13.0. The van der Waals surface area contributed by atoms with Crippen molar-refractivity contribution < 1.29 is 9.53 Å². The van der Waals surface area contributed by atoms with E-state index in [1.54, 1.807) is 0 Å². The number of ether oxygens (including phenoxy) is 1. The largest absolute Gasteiger partial charge is 0.458 e. The molecule has 2 nitrogen and oxygen atoms in total. The molecule has 0 amide bonds. The highest BCUT2D eigenvalue weighted by molar-refractivity contribution is 5.80. The molecule has 2 aromatic rings. The fraction of sp³-hybridized carbons (Fsp3) is 0.519. The third-order valence-electron chi connectivity index (χ3n) is 6.93. The summed E-state index contributed by atoms with van der Waals surface area (Å²) >= 11 is 0. The van der Waals surface area contributed by atoms with Gasteiger partial charge in [0.25, 0.3) is 0 Å². The molecule has 1 saturated heterocycles. The number of unbranched alkanes of at least 4 members (excludes halogenated alkanes) is 4. The van der Waals surface area contributed by atoms with Gasteiger partial charge in [-0.15, -0.1) is 0 Å². The van der Waals surface area contributed by atoms with Crippen LogP contribution in [0.5, 0.6) is 0 Å². The van der Waals surface area contributed by atoms with Crippen LogP contribution in [-0.4, -0.2) is 11.6 Å². The van der Waals surface area contributed by atoms with Gasteiger partial charge in [-0.1, -0.05) is 101 Å². The van der Waals surface area contributed by atoms with Crippen molar-refractivity contribution in [3.8, 4) is 11.1 Å². The second-order valence-electron chi connectivity index (χ2n) is 9.44. The van der Waals surface area contributed by atoms with Crippen LogP contribution in [0.3, 0.4) is 0 Å². The minimum atomic E-state index is -0.378. The molecule has 0 saturated carbocycles. The van der Waals surface area contributed by atoms with Crippen LogP contribution in [0.15, 0.2) is 54.6 Å². The molecule has 0 spiro atoms. The van der Waals surface area contributed by atoms with Gasteiger partial charge in [0.2, 0.25) is 0 Å². The second-order valence-corrected chi connectivity index (χ2v) is 9.44. The molecule has 0 aliphatic carbocycles. The molecule has 29 heavy (non-hydrogen) atoms. The topological polar surface area (TPSA) is 26.3 Å². The lowest BCUT2D eigenvalue weighted by atomic mass is 9.65. The van der Waals surface area contributed by atoms with Crippen LogP contribution in [-0.2, 0) is 9.53 Å². The van der Waals surface area contributed by atoms with Gasteiger partial charge in [-0.25, -0.2) is 0 Å². The lowest BCUT2D eigenvalue weighted by Crippen LogP contribution is -2.52. The highest BCUT2D eigenvalue weighted by Gasteiger charge is 2.51. The summed E-state index contributed by atoms with van der Waals surface area (Å²) < 4.78 is 6.14. The summed E-state index contributed by atoms with van der Waals surface area (Å²) in [6, 6.07) is 18.8. The Bertz CT molecular complexity index is 791. The first kappa shape index (κ1) is 21.6. The molecule has 1 aliphatic rings. The van der Waals surface area contributed by atoms with E-state index < -0.39 is 0 Å². The van der Waals surface area contributed by atoms with Crippen molar-refractivity contribution in [2.24, 2.45) is 5.41 Å². The summed E-state index contributed by atoms with van der Waals surface area (Å²) in [7, 11) is 0. The molecule has 156 valence electrons. The SMILES string of the molecule is CCCCCCCC1(C)OC(=O)C(c2ccc(-c3ccccc3)cc2)CC1(C)C. The quantitative estimate of drug-likeness (QED) is 0.343. The van der Waals surface area contributed by atoms with E-state index in [1.165, 1.54) is 36.8 Å². The number of rotatable bonds is 8. The van der Waals surface area contributed by atoms with Crippen molar-refractivity contribution in [3.63, 3.8) is 0 Å². The summed E-state index contributed by atoms with van der Waals surface area (Å²) in [5, 5.41) is 0. The summed E-state index contributed by atoms with van der Waals surface area (Å²) in [5.41, 5.74) is 3.01. The Morgan fingerprint density at radius 3 is 2.14 bits per heavy atom. The number of esters is 1. The van der Waals surface area contributed by atoms with Crippen molar-refractivity contribution >= 4 is 5.97 Å². The van der Waals surface area contributed by atoms with Gasteiger partial charge in [-0.3, -0.25) is 4.79 Å². The number of benzene rings is 2. The van der Waals surface area contributed by atoms with E-state index in [2.05, 4.69) is 64.1 Å². The first-order chi connectivity index (χ1) is 13.9. The van der Waals surface area contributed by atoms with Crippen molar-refractivity contribution in [2.75, 3.05) is 0 Å². The van der Waals surface area contributed by atoms with Crippen LogP contribution in [0.2, 0.25) is 0 Å². The minimum absolute atomic E-state index is 0.0472. The number of carbonyl (C=O) groups is 1. The summed E-state index contributed by atoms with van der Waals surface area (Å²) in [4.78, 5) is 13.0. The monoisotopic (exact) mass is 392 g/mol. The Morgan fingerprint density at radius 2 is 1.48 bits per heavy atom. The number of hydrogen-bond acceptors (Lipinski definition) is 2. The first-order valence-corrected chi connectivity index (χ1v) is 11.2. The third kappa shape index (κ3) is 4.91. The van der Waals surface area contributed by atoms with Gasteiger partial charge in [0.05, 0.1) is 5.92 Å². The predicted octanol–water partition coefficient (Wildman–Crippen LogP) is 7.53. The van der Waals surface area contributed by atoms with Crippen LogP contribution < -0.4 is 0 Å². The van der Waals surface area contributed by atoms with E-state index in [-0.39, 0.29) is 22.9 Å². The molecule has 2 heteroatoms. The van der Waals surface area contributed by atoms with Gasteiger partial charge >= 0.3 is 5.97 Å². The van der Waals surface area contributed by atoms with Gasteiger partial charge in [0.1, 0.15) is 5.60 Å². The summed E-state index contributed by atoms with van der Waals surface area (Å²) in [6.07, 6.45) is 7.96. The Kier molecular flexibility index (Phi) is 6.82. The molecule has 1 aliphatic heterocycles. The van der Waals surface area contributed by atoms with Gasteiger partial charge in [-0.05, 0) is 42.9 Å². The Hall–Kier alpha value is -2.09. The Balaban J connectivity index is 1.69. The molecule has 2 atom stereocenters. The van der Waals surface area contributed by atoms with E-state index in [0.29, 0.717) is 0 Å². The van der Waals surface area contributed by atoms with E-state index in [4.69, 9.17) is 4.74 Å². The smallest absolute Gasteiger partial charge is 0.313 e. The molecule has 1 fully saturated rings. The highest BCUT2D eigenvalue weighted by atomic mass is 16.6. The molecule has 2 aromatic carbocycles. The molecule has 0 radical (unpaired) electrons. The molecule has 2 unspecified atom stereocenters. The lowest BCUT2D eigenvalue weighted by Gasteiger charge is -2.49. The van der Waals surface area contributed by atoms with E-state index in [9.17, 15) is 4.79 Å². The fourth-order valence-electron chi connectivity index (χ4n) is 4.49. The van der Waals surface area contributed by atoms with E-state index in [1.807, 2.05) is 18.2 Å². The molecule has 0 N–H and O–H groups in total. The normalized spacial score (nSPS) is 23.6. The van der Waals surface area contributed by atoms with Crippen LogP contribution in [0.1, 0.15) is 84.1 Å². The predicted molar refractivity (Wildman–Crippen MR) is 121 cm³/mol. The summed E-state index contributed by atoms with van der Waals surface area (Å²) in [6.45, 7) is 8.90. The average Bonchev–Trinajstić information content (AvgIpc) is 2.72. The molecular weight excluding hydrogens is 356 g/mol. The van der Waals surface area contributed by atoms with Crippen LogP contribution >= 0.6 is 0 Å². The number of hydrogen-bond donors (Lipinski definition) is 0. The molecule has 0 aromatic heterocycles. The maximum absolute atomic E-state index is 13.0. The second kappa shape index (κ2) is 9.15. The third-order valence-corrected chi connectivity index (χ3v) is 6.93. The fourth-order valence-corrected chi connectivity index (χ4v) is 4.49. The first-order valence-electron chi connectivity index (χ1n) is 11.2. The summed E-state index contributed by atoms with van der Waals surface area (Å²) in [5.74, 6) is -0.240. The standard InChI is InChI=1S/C27H36O2/c1-5-6-7-8-12-19-27(4)26(2,3)20-24(25(28)29-27)23-17-15-22(16-18-23)21-13-10-9-11-14-21/h9-11,13-18,24H,5-8,12,19-20H2,1-4H3. The average molecular weight is 393 g/mol. The van der Waals surface area contributed by atoms with Crippen molar-refractivity contribution in [3.05, 3.63) is 60.2 Å². The van der Waals surface area contributed by atoms with E-state index in [0.717, 1.165) is 24.8 Å². The zero-order valence-electron chi connectivity index (χ0n) is 18.5. The maximum Gasteiger partial charge on any atom is 0.313 e. The van der Waals surface area contributed by atoms with Gasteiger partial charge in [0, 0.05) is 5.41 Å². The van der Waals surface area contributed by atoms with E-state index >= 15 is 0 Å². The minimum Gasteiger partial charge on any atom is -0.458 e. The van der Waals surface area contributed by atoms with Gasteiger partial charge in [-0.2, -0.15) is 0 Å². The lowest BCUT2D eigenvalue weighted by molar-refractivity contribution is -0.190. The molecule has 3 rings (SSSR count). The van der Waals surface area contributed by atoms with Crippen molar-refractivity contribution in [2.45, 2.75) is 84.2 Å². The molecule has 0 bridgehead atoms. The number of cyclic esters (lactones) is 1. The van der Waals surface area contributed by atoms with Crippen LogP contribution in [0, 0.1) is 5.41 Å². The van der Waals surface area contributed by atoms with Crippen molar-refractivity contribution in [1.29, 1.82) is 0 Å². The van der Waals surface area contributed by atoms with Crippen molar-refractivity contribution in [1.82, 2.24) is 0 Å². The Morgan fingerprint density at radius 1 is 0.862 bits per heavy atom. The molecule has 1 heterocycles. The van der Waals surface area contributed by atoms with Gasteiger partial charge in [0.15, 0.2) is 0 Å². The molecular formula is C27H36O2. The van der Waals surface area contributed by atoms with Gasteiger partial charge < -0.3 is 4.74 Å². The highest BCUT2D eigenvalue weighted by Crippen LogP contribution is 2.49. The van der Waals surface area contributed by atoms with Crippen LogP contribution in [0.4, 0.5) is 0 Å². The van der Waals surface area contributed by atoms with Crippen LogP contribution in [0.25, 0.3) is 11.1 Å². The Labute approximate surface area is 176 Å². The number of carbonyl (C=O) groups excluding carboxylic acids is 1. The zero-order valence-corrected chi connectivity index (χ0v) is 18.5.